The summed E-state index contributed by atoms with van der Waals surface area (Å²) in [5, 5.41) is 0.502. The van der Waals surface area contributed by atoms with Crippen molar-refractivity contribution in [2.45, 2.75) is 12.8 Å². The maximum Gasteiger partial charge on any atom is 0.333 e. The Morgan fingerprint density at radius 3 is 1.89 bits per heavy atom. The fourth-order valence-electron chi connectivity index (χ4n) is 2.92. The van der Waals surface area contributed by atoms with E-state index in [2.05, 4.69) is 0 Å². The SMILES string of the molecule is COc1cc(CCC(=O)ON2C(=O)c3ccccc3C2=O)cc(OC)c1OC. The number of aryl methyl sites for hydroxylation is 1. The van der Waals surface area contributed by atoms with Crippen LogP contribution in [-0.4, -0.2) is 44.2 Å². The summed E-state index contributed by atoms with van der Waals surface area (Å²) in [5.74, 6) is -0.634. The smallest absolute Gasteiger partial charge is 0.333 e. The summed E-state index contributed by atoms with van der Waals surface area (Å²) < 4.78 is 15.8. The summed E-state index contributed by atoms with van der Waals surface area (Å²) in [6.07, 6.45) is 0.241. The summed E-state index contributed by atoms with van der Waals surface area (Å²) >= 11 is 0. The number of carbonyl (C=O) groups is 3. The van der Waals surface area contributed by atoms with E-state index in [-0.39, 0.29) is 17.5 Å². The zero-order chi connectivity index (χ0) is 20.3. The van der Waals surface area contributed by atoms with Gasteiger partial charge in [-0.25, -0.2) is 4.79 Å². The molecule has 1 aliphatic rings. The molecule has 0 N–H and O–H groups in total. The Labute approximate surface area is 161 Å². The van der Waals surface area contributed by atoms with E-state index in [1.54, 1.807) is 24.3 Å². The summed E-state index contributed by atoms with van der Waals surface area (Å²) in [6, 6.07) is 9.74. The molecular weight excluding hydrogens is 366 g/mol. The molecule has 2 aromatic rings. The van der Waals surface area contributed by atoms with Gasteiger partial charge in [0.05, 0.1) is 38.9 Å². The van der Waals surface area contributed by atoms with Crippen LogP contribution >= 0.6 is 0 Å². The molecule has 146 valence electrons. The summed E-state index contributed by atoms with van der Waals surface area (Å²) in [6.45, 7) is 0. The lowest BCUT2D eigenvalue weighted by Gasteiger charge is -2.15. The van der Waals surface area contributed by atoms with Crippen LogP contribution in [0.4, 0.5) is 0 Å². The van der Waals surface area contributed by atoms with Crippen molar-refractivity contribution >= 4 is 17.8 Å². The first kappa shape index (κ1) is 19.2. The number of methoxy groups -OCH3 is 3. The third-order valence-electron chi connectivity index (χ3n) is 4.29. The number of rotatable bonds is 7. The minimum absolute atomic E-state index is 0.0496. The molecule has 2 amide bonds. The van der Waals surface area contributed by atoms with Crippen molar-refractivity contribution in [3.8, 4) is 17.2 Å². The maximum atomic E-state index is 12.2. The number of benzene rings is 2. The highest BCUT2D eigenvalue weighted by Gasteiger charge is 2.38. The van der Waals surface area contributed by atoms with Gasteiger partial charge in [0, 0.05) is 0 Å². The van der Waals surface area contributed by atoms with Gasteiger partial charge in [-0.05, 0) is 36.2 Å². The number of amides is 2. The van der Waals surface area contributed by atoms with Crippen molar-refractivity contribution in [2.75, 3.05) is 21.3 Å². The lowest BCUT2D eigenvalue weighted by atomic mass is 10.1. The van der Waals surface area contributed by atoms with E-state index < -0.39 is 17.8 Å². The Bertz CT molecular complexity index is 878. The number of hydrogen-bond donors (Lipinski definition) is 0. The van der Waals surface area contributed by atoms with Crippen LogP contribution in [0.5, 0.6) is 17.2 Å². The highest BCUT2D eigenvalue weighted by Crippen LogP contribution is 2.38. The van der Waals surface area contributed by atoms with Gasteiger partial charge in [0.1, 0.15) is 0 Å². The van der Waals surface area contributed by atoms with Gasteiger partial charge in [0.25, 0.3) is 11.8 Å². The molecule has 0 saturated carbocycles. The van der Waals surface area contributed by atoms with E-state index in [1.165, 1.54) is 33.5 Å². The normalized spacial score (nSPS) is 12.6. The van der Waals surface area contributed by atoms with Crippen molar-refractivity contribution in [1.29, 1.82) is 0 Å². The van der Waals surface area contributed by atoms with Crippen LogP contribution in [0.25, 0.3) is 0 Å². The molecule has 0 aliphatic carbocycles. The Morgan fingerprint density at radius 1 is 0.893 bits per heavy atom. The zero-order valence-corrected chi connectivity index (χ0v) is 15.7. The molecule has 0 aromatic heterocycles. The molecule has 2 aromatic carbocycles. The Morgan fingerprint density at radius 2 is 1.43 bits per heavy atom. The molecule has 8 nitrogen and oxygen atoms in total. The van der Waals surface area contributed by atoms with Crippen LogP contribution in [0.15, 0.2) is 36.4 Å². The van der Waals surface area contributed by atoms with Crippen molar-refractivity contribution < 1.29 is 33.4 Å². The molecule has 28 heavy (non-hydrogen) atoms. The highest BCUT2D eigenvalue weighted by atomic mass is 16.7. The van der Waals surface area contributed by atoms with E-state index in [0.29, 0.717) is 28.7 Å². The van der Waals surface area contributed by atoms with Crippen molar-refractivity contribution in [2.24, 2.45) is 0 Å². The zero-order valence-electron chi connectivity index (χ0n) is 15.7. The lowest BCUT2D eigenvalue weighted by molar-refractivity contribution is -0.168. The number of nitrogens with zero attached hydrogens (tertiary/aromatic N) is 1. The molecule has 0 bridgehead atoms. The fourth-order valence-corrected chi connectivity index (χ4v) is 2.92. The standard InChI is InChI=1S/C20H19NO7/c1-25-15-10-12(11-16(26-2)18(15)27-3)8-9-17(22)28-21-19(23)13-6-4-5-7-14(13)20(21)24/h4-7,10-11H,8-9H2,1-3H3. The number of hydrogen-bond acceptors (Lipinski definition) is 7. The van der Waals surface area contributed by atoms with Crippen molar-refractivity contribution in [1.82, 2.24) is 5.06 Å². The second-order valence-electron chi connectivity index (χ2n) is 5.95. The van der Waals surface area contributed by atoms with Gasteiger partial charge < -0.3 is 19.0 Å². The molecule has 1 heterocycles. The van der Waals surface area contributed by atoms with Gasteiger partial charge in [0.15, 0.2) is 11.5 Å². The minimum atomic E-state index is -0.705. The third kappa shape index (κ3) is 3.48. The van der Waals surface area contributed by atoms with Crippen LogP contribution in [0.2, 0.25) is 0 Å². The van der Waals surface area contributed by atoms with Crippen LogP contribution in [0.3, 0.4) is 0 Å². The molecule has 1 aliphatic heterocycles. The van der Waals surface area contributed by atoms with Crippen LogP contribution < -0.4 is 14.2 Å². The van der Waals surface area contributed by atoms with Crippen LogP contribution in [-0.2, 0) is 16.1 Å². The van der Waals surface area contributed by atoms with Crippen molar-refractivity contribution in [3.05, 3.63) is 53.1 Å². The summed E-state index contributed by atoms with van der Waals surface area (Å²) in [5.41, 5.74) is 1.17. The third-order valence-corrected chi connectivity index (χ3v) is 4.29. The van der Waals surface area contributed by atoms with E-state index in [9.17, 15) is 14.4 Å². The Balaban J connectivity index is 1.67. The molecular formula is C20H19NO7. The molecule has 0 atom stereocenters. The maximum absolute atomic E-state index is 12.2. The van der Waals surface area contributed by atoms with E-state index in [0.717, 1.165) is 5.56 Å². The van der Waals surface area contributed by atoms with Crippen LogP contribution in [0, 0.1) is 0 Å². The Hall–Kier alpha value is -3.55. The van der Waals surface area contributed by atoms with Crippen LogP contribution in [0.1, 0.15) is 32.7 Å². The molecule has 3 rings (SSSR count). The highest BCUT2D eigenvalue weighted by molar-refractivity contribution is 6.20. The average molecular weight is 385 g/mol. The predicted octanol–water partition coefficient (Wildman–Crippen LogP) is 2.40. The molecule has 0 fully saturated rings. The molecule has 0 unspecified atom stereocenters. The number of hydroxylamine groups is 2. The average Bonchev–Trinajstić information content (AvgIpc) is 2.96. The van der Waals surface area contributed by atoms with Gasteiger partial charge in [0.2, 0.25) is 5.75 Å². The number of carbonyl (C=O) groups excluding carboxylic acids is 3. The quantitative estimate of drug-likeness (QED) is 0.676. The first-order valence-corrected chi connectivity index (χ1v) is 8.47. The largest absolute Gasteiger partial charge is 0.493 e. The van der Waals surface area contributed by atoms with Gasteiger partial charge >= 0.3 is 5.97 Å². The predicted molar refractivity (Wildman–Crippen MR) is 97.5 cm³/mol. The molecule has 0 saturated heterocycles. The molecule has 0 radical (unpaired) electrons. The molecule has 0 spiro atoms. The van der Waals surface area contributed by atoms with Gasteiger partial charge in [-0.15, -0.1) is 0 Å². The van der Waals surface area contributed by atoms with Gasteiger partial charge in [-0.3, -0.25) is 9.59 Å². The van der Waals surface area contributed by atoms with Gasteiger partial charge in [-0.1, -0.05) is 17.2 Å². The van der Waals surface area contributed by atoms with E-state index in [1.807, 2.05) is 0 Å². The second-order valence-corrected chi connectivity index (χ2v) is 5.95. The Kier molecular flexibility index (Phi) is 5.49. The summed E-state index contributed by atoms with van der Waals surface area (Å²) in [4.78, 5) is 41.7. The number of ether oxygens (including phenoxy) is 3. The number of imide groups is 1. The topological polar surface area (TPSA) is 91.4 Å². The summed E-state index contributed by atoms with van der Waals surface area (Å²) in [7, 11) is 4.49. The lowest BCUT2D eigenvalue weighted by Crippen LogP contribution is -2.32. The fraction of sp³-hybridized carbons (Fsp3) is 0.250. The molecule has 8 heteroatoms. The minimum Gasteiger partial charge on any atom is -0.493 e. The van der Waals surface area contributed by atoms with E-state index >= 15 is 0 Å². The van der Waals surface area contributed by atoms with Gasteiger partial charge in [-0.2, -0.15) is 0 Å². The first-order valence-electron chi connectivity index (χ1n) is 8.47. The van der Waals surface area contributed by atoms with E-state index in [4.69, 9.17) is 19.0 Å². The monoisotopic (exact) mass is 385 g/mol. The van der Waals surface area contributed by atoms with Crippen molar-refractivity contribution in [3.63, 3.8) is 0 Å². The number of fused-ring (bicyclic) bond motifs is 1. The second kappa shape index (κ2) is 7.99. The first-order chi connectivity index (χ1) is 13.5.